The topological polar surface area (TPSA) is 54.5 Å². The van der Waals surface area contributed by atoms with Gasteiger partial charge in [0.1, 0.15) is 17.1 Å². The molecule has 1 saturated heterocycles. The van der Waals surface area contributed by atoms with E-state index in [-0.39, 0.29) is 17.6 Å². The number of carbonyl (C=O) groups excluding carboxylic acids is 1. The molecule has 0 saturated carbocycles. The Balaban J connectivity index is 1.34. The molecule has 1 aliphatic rings. The molecule has 1 fully saturated rings. The Bertz CT molecular complexity index is 1010. The number of amides is 1. The van der Waals surface area contributed by atoms with Crippen molar-refractivity contribution in [2.75, 3.05) is 31.6 Å². The lowest BCUT2D eigenvalue weighted by molar-refractivity contribution is -0.125. The number of hydrogen-bond acceptors (Lipinski definition) is 5. The number of ether oxygens (including phenoxy) is 1. The maximum Gasteiger partial charge on any atom is 0.224 e. The van der Waals surface area contributed by atoms with Gasteiger partial charge < -0.3 is 15.0 Å². The number of para-hydroxylation sites is 1. The number of aromatic nitrogens is 1. The van der Waals surface area contributed by atoms with Gasteiger partial charge in [-0.1, -0.05) is 29.5 Å². The number of thiazole rings is 1. The van der Waals surface area contributed by atoms with Crippen molar-refractivity contribution in [3.63, 3.8) is 0 Å². The first kappa shape index (κ1) is 19.6. The van der Waals surface area contributed by atoms with Gasteiger partial charge >= 0.3 is 0 Å². The molecule has 29 heavy (non-hydrogen) atoms. The fourth-order valence-electron chi connectivity index (χ4n) is 3.71. The number of nitrogens with zero attached hydrogens (tertiary/aromatic N) is 2. The molecular formula is C22H24FN3O2S. The van der Waals surface area contributed by atoms with Gasteiger partial charge in [-0.3, -0.25) is 4.79 Å². The zero-order valence-corrected chi connectivity index (χ0v) is 17.2. The van der Waals surface area contributed by atoms with E-state index in [1.165, 1.54) is 17.4 Å². The van der Waals surface area contributed by atoms with E-state index in [1.54, 1.807) is 13.2 Å². The number of anilines is 1. The standard InChI is InChI=1S/C22H24FN3O2S/c1-28-17-7-2-5-15(13-17)10-11-24-21(27)16-6-4-12-26(14-16)22-25-20-18(23)8-3-9-19(20)29-22/h2-3,5,7-9,13,16H,4,6,10-12,14H2,1H3,(H,24,27). The first-order valence-electron chi connectivity index (χ1n) is 9.84. The Hall–Kier alpha value is -2.67. The fraction of sp³-hybridized carbons (Fsp3) is 0.364. The van der Waals surface area contributed by atoms with Crippen molar-refractivity contribution in [3.8, 4) is 5.75 Å². The van der Waals surface area contributed by atoms with E-state index < -0.39 is 0 Å². The summed E-state index contributed by atoms with van der Waals surface area (Å²) in [6.07, 6.45) is 2.55. The molecule has 0 radical (unpaired) electrons. The number of halogens is 1. The third kappa shape index (κ3) is 4.50. The first-order valence-corrected chi connectivity index (χ1v) is 10.7. The van der Waals surface area contributed by atoms with Crippen LogP contribution in [-0.2, 0) is 11.2 Å². The summed E-state index contributed by atoms with van der Waals surface area (Å²) in [5.74, 6) is 0.522. The molecule has 1 aromatic heterocycles. The van der Waals surface area contributed by atoms with Crippen LogP contribution in [-0.4, -0.2) is 37.6 Å². The minimum atomic E-state index is -0.297. The zero-order valence-electron chi connectivity index (χ0n) is 16.4. The predicted octanol–water partition coefficient (Wildman–Crippen LogP) is 4.02. The van der Waals surface area contributed by atoms with Crippen molar-refractivity contribution in [3.05, 3.63) is 53.8 Å². The SMILES string of the molecule is COc1cccc(CCNC(=O)C2CCCN(c3nc4c(F)cccc4s3)C2)c1. The van der Waals surface area contributed by atoms with Crippen LogP contribution in [0.4, 0.5) is 9.52 Å². The molecule has 152 valence electrons. The van der Waals surface area contributed by atoms with Crippen LogP contribution in [0.5, 0.6) is 5.75 Å². The molecule has 1 atom stereocenters. The van der Waals surface area contributed by atoms with E-state index in [0.717, 1.165) is 47.0 Å². The fourth-order valence-corrected chi connectivity index (χ4v) is 4.72. The Morgan fingerprint density at radius 1 is 1.34 bits per heavy atom. The van der Waals surface area contributed by atoms with Crippen LogP contribution in [0.1, 0.15) is 18.4 Å². The van der Waals surface area contributed by atoms with Crippen LogP contribution in [0, 0.1) is 11.7 Å². The number of nitrogens with one attached hydrogen (secondary N) is 1. The molecule has 1 unspecified atom stereocenters. The van der Waals surface area contributed by atoms with Crippen LogP contribution < -0.4 is 15.0 Å². The van der Waals surface area contributed by atoms with Gasteiger partial charge in [-0.05, 0) is 49.1 Å². The van der Waals surface area contributed by atoms with E-state index in [1.807, 2.05) is 30.3 Å². The lowest BCUT2D eigenvalue weighted by Crippen LogP contribution is -2.43. The van der Waals surface area contributed by atoms with E-state index in [9.17, 15) is 9.18 Å². The summed E-state index contributed by atoms with van der Waals surface area (Å²) < 4.78 is 20.0. The quantitative estimate of drug-likeness (QED) is 0.663. The highest BCUT2D eigenvalue weighted by atomic mass is 32.1. The predicted molar refractivity (Wildman–Crippen MR) is 114 cm³/mol. The van der Waals surface area contributed by atoms with Crippen LogP contribution in [0.25, 0.3) is 10.2 Å². The summed E-state index contributed by atoms with van der Waals surface area (Å²) in [4.78, 5) is 19.3. The monoisotopic (exact) mass is 413 g/mol. The van der Waals surface area contributed by atoms with Crippen molar-refractivity contribution in [2.24, 2.45) is 5.92 Å². The smallest absolute Gasteiger partial charge is 0.224 e. The number of methoxy groups -OCH3 is 1. The number of hydrogen-bond donors (Lipinski definition) is 1. The molecule has 0 aliphatic carbocycles. The number of benzene rings is 2. The van der Waals surface area contributed by atoms with Crippen LogP contribution >= 0.6 is 11.3 Å². The summed E-state index contributed by atoms with van der Waals surface area (Å²) in [5.41, 5.74) is 1.55. The van der Waals surface area contributed by atoms with Crippen LogP contribution in [0.15, 0.2) is 42.5 Å². The molecule has 4 rings (SSSR count). The average Bonchev–Trinajstić information content (AvgIpc) is 3.20. The Kier molecular flexibility index (Phi) is 5.94. The van der Waals surface area contributed by atoms with Gasteiger partial charge in [-0.15, -0.1) is 0 Å². The van der Waals surface area contributed by atoms with E-state index in [2.05, 4.69) is 15.2 Å². The number of piperidine rings is 1. The zero-order chi connectivity index (χ0) is 20.2. The molecule has 5 nitrogen and oxygen atoms in total. The molecular weight excluding hydrogens is 389 g/mol. The molecule has 0 bridgehead atoms. The second-order valence-corrected chi connectivity index (χ2v) is 8.27. The van der Waals surface area contributed by atoms with Gasteiger partial charge in [0, 0.05) is 19.6 Å². The van der Waals surface area contributed by atoms with Gasteiger partial charge in [0.05, 0.1) is 17.7 Å². The van der Waals surface area contributed by atoms with Crippen molar-refractivity contribution >= 4 is 32.6 Å². The van der Waals surface area contributed by atoms with E-state index in [0.29, 0.717) is 18.6 Å². The summed E-state index contributed by atoms with van der Waals surface area (Å²) in [7, 11) is 1.65. The largest absolute Gasteiger partial charge is 0.497 e. The van der Waals surface area contributed by atoms with Gasteiger partial charge in [-0.2, -0.15) is 0 Å². The third-order valence-corrected chi connectivity index (χ3v) is 6.35. The molecule has 1 aliphatic heterocycles. The number of carbonyl (C=O) groups is 1. The molecule has 2 aromatic carbocycles. The van der Waals surface area contributed by atoms with Crippen molar-refractivity contribution in [1.29, 1.82) is 0 Å². The molecule has 2 heterocycles. The summed E-state index contributed by atoms with van der Waals surface area (Å²) in [6.45, 7) is 2.05. The van der Waals surface area contributed by atoms with Gasteiger partial charge in [0.15, 0.2) is 5.13 Å². The molecule has 1 N–H and O–H groups in total. The second kappa shape index (κ2) is 8.78. The normalized spacial score (nSPS) is 16.8. The Morgan fingerprint density at radius 2 is 2.21 bits per heavy atom. The van der Waals surface area contributed by atoms with Gasteiger partial charge in [0.2, 0.25) is 5.91 Å². The van der Waals surface area contributed by atoms with E-state index in [4.69, 9.17) is 4.74 Å². The highest BCUT2D eigenvalue weighted by Crippen LogP contribution is 2.32. The minimum Gasteiger partial charge on any atom is -0.497 e. The summed E-state index contributed by atoms with van der Waals surface area (Å²) >= 11 is 1.48. The number of fused-ring (bicyclic) bond motifs is 1. The lowest BCUT2D eigenvalue weighted by Gasteiger charge is -2.31. The maximum absolute atomic E-state index is 14.0. The Morgan fingerprint density at radius 3 is 3.03 bits per heavy atom. The Labute approximate surface area is 173 Å². The van der Waals surface area contributed by atoms with Crippen LogP contribution in [0.3, 0.4) is 0 Å². The summed E-state index contributed by atoms with van der Waals surface area (Å²) in [5, 5.41) is 3.85. The van der Waals surface area contributed by atoms with Crippen molar-refractivity contribution in [2.45, 2.75) is 19.3 Å². The first-order chi connectivity index (χ1) is 14.1. The second-order valence-electron chi connectivity index (χ2n) is 7.26. The lowest BCUT2D eigenvalue weighted by atomic mass is 9.97. The summed E-state index contributed by atoms with van der Waals surface area (Å²) in [6, 6.07) is 12.9. The van der Waals surface area contributed by atoms with Crippen LogP contribution in [0.2, 0.25) is 0 Å². The molecule has 3 aromatic rings. The van der Waals surface area contributed by atoms with Crippen molar-refractivity contribution < 1.29 is 13.9 Å². The number of rotatable bonds is 6. The highest BCUT2D eigenvalue weighted by molar-refractivity contribution is 7.22. The molecule has 1 amide bonds. The molecule has 0 spiro atoms. The van der Waals surface area contributed by atoms with Gasteiger partial charge in [0.25, 0.3) is 0 Å². The van der Waals surface area contributed by atoms with Gasteiger partial charge in [-0.25, -0.2) is 9.37 Å². The maximum atomic E-state index is 14.0. The molecule has 7 heteroatoms. The minimum absolute atomic E-state index is 0.0740. The highest BCUT2D eigenvalue weighted by Gasteiger charge is 2.27. The average molecular weight is 414 g/mol. The third-order valence-electron chi connectivity index (χ3n) is 5.27. The van der Waals surface area contributed by atoms with E-state index >= 15 is 0 Å². The van der Waals surface area contributed by atoms with Crippen molar-refractivity contribution in [1.82, 2.24) is 10.3 Å².